The Labute approximate surface area is 177 Å². The molecule has 0 unspecified atom stereocenters. The number of piperidine rings is 1. The summed E-state index contributed by atoms with van der Waals surface area (Å²) in [6.45, 7) is 8.78. The zero-order valence-corrected chi connectivity index (χ0v) is 18.1. The molecule has 0 aliphatic carbocycles. The Balaban J connectivity index is 1.69. The van der Waals surface area contributed by atoms with Crippen molar-refractivity contribution in [3.8, 4) is 17.6 Å². The van der Waals surface area contributed by atoms with Crippen LogP contribution in [-0.2, 0) is 0 Å². The lowest BCUT2D eigenvalue weighted by Crippen LogP contribution is -2.57. The Kier molecular flexibility index (Phi) is 6.03. The summed E-state index contributed by atoms with van der Waals surface area (Å²) < 4.78 is 5.80. The van der Waals surface area contributed by atoms with Crippen molar-refractivity contribution in [2.45, 2.75) is 58.0 Å². The predicted octanol–water partition coefficient (Wildman–Crippen LogP) is 6.13. The maximum atomic E-state index is 12.8. The summed E-state index contributed by atoms with van der Waals surface area (Å²) in [5, 5.41) is 13.3. The first-order valence-electron chi connectivity index (χ1n) is 9.88. The lowest BCUT2D eigenvalue weighted by Gasteiger charge is -2.46. The van der Waals surface area contributed by atoms with Crippen LogP contribution in [0.25, 0.3) is 0 Å². The number of halogens is 1. The fourth-order valence-corrected chi connectivity index (χ4v) is 4.80. The quantitative estimate of drug-likeness (QED) is 0.602. The van der Waals surface area contributed by atoms with Gasteiger partial charge in [0.1, 0.15) is 11.8 Å². The third-order valence-electron chi connectivity index (χ3n) is 5.23. The molecule has 152 valence electrons. The predicted molar refractivity (Wildman–Crippen MR) is 116 cm³/mol. The topological polar surface area (TPSA) is 62.1 Å². The van der Waals surface area contributed by atoms with Gasteiger partial charge in [-0.05, 0) is 82.9 Å². The number of para-hydroxylation sites is 1. The lowest BCUT2D eigenvalue weighted by molar-refractivity contribution is 0.0864. The highest BCUT2D eigenvalue weighted by atomic mass is 35.5. The first kappa shape index (κ1) is 21.4. The Morgan fingerprint density at radius 3 is 2.34 bits per heavy atom. The van der Waals surface area contributed by atoms with Crippen molar-refractivity contribution in [3.05, 3.63) is 58.6 Å². The molecule has 0 radical (unpaired) electrons. The number of nitriles is 1. The van der Waals surface area contributed by atoms with Crippen molar-refractivity contribution < 1.29 is 9.53 Å². The van der Waals surface area contributed by atoms with Crippen molar-refractivity contribution in [2.75, 3.05) is 0 Å². The average molecular weight is 411 g/mol. The summed E-state index contributed by atoms with van der Waals surface area (Å²) in [5.74, 6) is 1.36. The van der Waals surface area contributed by atoms with E-state index in [2.05, 4.69) is 39.1 Å². The summed E-state index contributed by atoms with van der Waals surface area (Å²) in [6, 6.07) is 14.2. The van der Waals surface area contributed by atoms with Crippen LogP contribution < -0.4 is 10.1 Å². The zero-order chi connectivity index (χ0) is 21.2. The Morgan fingerprint density at radius 2 is 1.76 bits per heavy atom. The largest absolute Gasteiger partial charge is 0.454 e. The van der Waals surface area contributed by atoms with E-state index in [-0.39, 0.29) is 16.9 Å². The average Bonchev–Trinajstić information content (AvgIpc) is 2.61. The van der Waals surface area contributed by atoms with Crippen LogP contribution in [0.4, 0.5) is 0 Å². The SMILES string of the molecule is CC1(C)CC(CC(=O)c2ccc(Oc3c(Cl)cccc3C#N)cc2)CC(C)(C)N1. The van der Waals surface area contributed by atoms with E-state index in [1.165, 1.54) is 0 Å². The Morgan fingerprint density at radius 1 is 1.14 bits per heavy atom. The van der Waals surface area contributed by atoms with Gasteiger partial charge in [0.05, 0.1) is 10.6 Å². The number of nitrogens with one attached hydrogen (secondary N) is 1. The summed E-state index contributed by atoms with van der Waals surface area (Å²) in [4.78, 5) is 12.8. The molecule has 5 heteroatoms. The number of nitrogens with zero attached hydrogens (tertiary/aromatic N) is 1. The maximum absolute atomic E-state index is 12.8. The fraction of sp³-hybridized carbons (Fsp3) is 0.417. The van der Waals surface area contributed by atoms with Gasteiger partial charge in [0, 0.05) is 23.1 Å². The van der Waals surface area contributed by atoms with Gasteiger partial charge in [0.25, 0.3) is 0 Å². The van der Waals surface area contributed by atoms with E-state index in [9.17, 15) is 10.1 Å². The molecular formula is C24H27ClN2O2. The molecule has 1 heterocycles. The Hall–Kier alpha value is -2.35. The molecular weight excluding hydrogens is 384 g/mol. The van der Waals surface area contributed by atoms with Gasteiger partial charge in [-0.15, -0.1) is 0 Å². The van der Waals surface area contributed by atoms with E-state index in [4.69, 9.17) is 16.3 Å². The molecule has 0 amide bonds. The summed E-state index contributed by atoms with van der Waals surface area (Å²) >= 11 is 6.16. The van der Waals surface area contributed by atoms with Gasteiger partial charge in [-0.25, -0.2) is 0 Å². The number of carbonyl (C=O) groups excluding carboxylic acids is 1. The molecule has 0 bridgehead atoms. The van der Waals surface area contributed by atoms with E-state index in [1.807, 2.05) is 0 Å². The molecule has 3 rings (SSSR count). The van der Waals surface area contributed by atoms with E-state index < -0.39 is 0 Å². The zero-order valence-electron chi connectivity index (χ0n) is 17.4. The van der Waals surface area contributed by atoms with E-state index in [0.717, 1.165) is 12.8 Å². The van der Waals surface area contributed by atoms with Crippen molar-refractivity contribution in [3.63, 3.8) is 0 Å². The molecule has 0 spiro atoms. The molecule has 1 N–H and O–H groups in total. The van der Waals surface area contributed by atoms with Gasteiger partial charge >= 0.3 is 0 Å². The molecule has 1 aliphatic heterocycles. The van der Waals surface area contributed by atoms with E-state index in [1.54, 1.807) is 42.5 Å². The summed E-state index contributed by atoms with van der Waals surface area (Å²) in [5.41, 5.74) is 1.09. The van der Waals surface area contributed by atoms with Crippen LogP contribution in [0.2, 0.25) is 5.02 Å². The number of rotatable bonds is 5. The standard InChI is InChI=1S/C24H27ClN2O2/c1-23(2)13-16(14-24(3,4)27-23)12-21(28)17-8-10-19(11-9-17)29-22-18(15-26)6-5-7-20(22)25/h5-11,16,27H,12-14H2,1-4H3. The number of ether oxygens (including phenoxy) is 1. The number of benzene rings is 2. The molecule has 0 atom stereocenters. The Bertz CT molecular complexity index is 926. The molecule has 2 aromatic carbocycles. The first-order chi connectivity index (χ1) is 13.6. The van der Waals surface area contributed by atoms with Gasteiger partial charge in [-0.2, -0.15) is 5.26 Å². The second kappa shape index (κ2) is 8.18. The van der Waals surface area contributed by atoms with Gasteiger partial charge in [-0.1, -0.05) is 17.7 Å². The molecule has 1 saturated heterocycles. The number of Topliss-reactive ketones (excluding diaryl/α,β-unsaturated/α-hetero) is 1. The first-order valence-corrected chi connectivity index (χ1v) is 10.3. The minimum absolute atomic E-state index is 0.0256. The third-order valence-corrected chi connectivity index (χ3v) is 5.53. The van der Waals surface area contributed by atoms with Gasteiger partial charge < -0.3 is 10.1 Å². The fourth-order valence-electron chi connectivity index (χ4n) is 4.59. The molecule has 1 fully saturated rings. The van der Waals surface area contributed by atoms with Crippen molar-refractivity contribution in [1.82, 2.24) is 5.32 Å². The number of carbonyl (C=O) groups is 1. The van der Waals surface area contributed by atoms with Gasteiger partial charge in [-0.3, -0.25) is 4.79 Å². The molecule has 29 heavy (non-hydrogen) atoms. The van der Waals surface area contributed by atoms with Crippen molar-refractivity contribution >= 4 is 17.4 Å². The monoisotopic (exact) mass is 410 g/mol. The lowest BCUT2D eigenvalue weighted by atomic mass is 9.74. The normalized spacial score (nSPS) is 18.1. The van der Waals surface area contributed by atoms with Crippen molar-refractivity contribution in [2.24, 2.45) is 5.92 Å². The van der Waals surface area contributed by atoms with Gasteiger partial charge in [0.15, 0.2) is 11.5 Å². The third kappa shape index (κ3) is 5.38. The highest BCUT2D eigenvalue weighted by Crippen LogP contribution is 2.36. The van der Waals surface area contributed by atoms with Crippen LogP contribution in [0.1, 0.15) is 62.9 Å². The highest BCUT2D eigenvalue weighted by molar-refractivity contribution is 6.32. The van der Waals surface area contributed by atoms with E-state index in [0.29, 0.717) is 40.0 Å². The van der Waals surface area contributed by atoms with Gasteiger partial charge in [0.2, 0.25) is 0 Å². The van der Waals surface area contributed by atoms with Crippen LogP contribution in [0.15, 0.2) is 42.5 Å². The minimum atomic E-state index is 0.0256. The van der Waals surface area contributed by atoms with Crippen LogP contribution in [0, 0.1) is 17.2 Å². The second-order valence-corrected chi connectivity index (χ2v) is 9.56. The second-order valence-electron chi connectivity index (χ2n) is 9.15. The number of ketones is 1. The smallest absolute Gasteiger partial charge is 0.163 e. The van der Waals surface area contributed by atoms with Crippen LogP contribution >= 0.6 is 11.6 Å². The highest BCUT2D eigenvalue weighted by Gasteiger charge is 2.38. The number of hydrogen-bond donors (Lipinski definition) is 1. The molecule has 2 aromatic rings. The maximum Gasteiger partial charge on any atom is 0.163 e. The van der Waals surface area contributed by atoms with E-state index >= 15 is 0 Å². The van der Waals surface area contributed by atoms with Crippen LogP contribution in [0.3, 0.4) is 0 Å². The van der Waals surface area contributed by atoms with Crippen LogP contribution in [-0.4, -0.2) is 16.9 Å². The molecule has 0 aromatic heterocycles. The molecule has 0 saturated carbocycles. The minimum Gasteiger partial charge on any atom is -0.454 e. The summed E-state index contributed by atoms with van der Waals surface area (Å²) in [7, 11) is 0. The van der Waals surface area contributed by atoms with Crippen LogP contribution in [0.5, 0.6) is 11.5 Å². The molecule has 4 nitrogen and oxygen atoms in total. The van der Waals surface area contributed by atoms with Crippen molar-refractivity contribution in [1.29, 1.82) is 5.26 Å². The molecule has 1 aliphatic rings. The number of hydrogen-bond acceptors (Lipinski definition) is 4. The summed E-state index contributed by atoms with van der Waals surface area (Å²) in [6.07, 6.45) is 2.50.